The first-order valence-electron chi connectivity index (χ1n) is 13.8. The average Bonchev–Trinajstić information content (AvgIpc) is 3.56. The molecule has 38 heavy (non-hydrogen) atoms. The van der Waals surface area contributed by atoms with Gasteiger partial charge in [0, 0.05) is 23.6 Å². The van der Waals surface area contributed by atoms with E-state index in [0.29, 0.717) is 5.82 Å². The molecule has 0 saturated heterocycles. The number of imidazole rings is 1. The number of aryl methyl sites for hydroxylation is 1. The van der Waals surface area contributed by atoms with E-state index in [0.717, 1.165) is 78.4 Å². The van der Waals surface area contributed by atoms with Crippen LogP contribution < -0.4 is 4.90 Å². The summed E-state index contributed by atoms with van der Waals surface area (Å²) in [6.07, 6.45) is 9.03. The van der Waals surface area contributed by atoms with Gasteiger partial charge in [0.15, 0.2) is 0 Å². The number of rotatable bonds is 4. The van der Waals surface area contributed by atoms with Crippen LogP contribution in [-0.4, -0.2) is 39.7 Å². The molecule has 1 aliphatic heterocycles. The van der Waals surface area contributed by atoms with Gasteiger partial charge >= 0.3 is 6.09 Å². The maximum absolute atomic E-state index is 12.7. The Morgan fingerprint density at radius 3 is 2.79 bits per heavy atom. The molecule has 7 heteroatoms. The van der Waals surface area contributed by atoms with Crippen LogP contribution >= 0.6 is 0 Å². The number of allylic oxidation sites excluding steroid dienone is 1. The quantitative estimate of drug-likeness (QED) is 0.468. The number of fused-ring (bicyclic) bond motifs is 4. The van der Waals surface area contributed by atoms with Crippen LogP contribution in [0.4, 0.5) is 10.5 Å². The predicted octanol–water partition coefficient (Wildman–Crippen LogP) is 5.92. The van der Waals surface area contributed by atoms with Crippen molar-refractivity contribution in [2.24, 2.45) is 5.92 Å². The number of aliphatic hydroxyl groups excluding tert-OH is 1. The molecule has 1 fully saturated rings. The third kappa shape index (κ3) is 4.04. The molecule has 198 valence electrons. The Morgan fingerprint density at radius 1 is 1.16 bits per heavy atom. The highest BCUT2D eigenvalue weighted by Gasteiger charge is 2.35. The number of carbonyl (C=O) groups is 2. The van der Waals surface area contributed by atoms with Crippen LogP contribution in [0.25, 0.3) is 17.1 Å². The highest BCUT2D eigenvalue weighted by molar-refractivity contribution is 5.95. The number of amides is 1. The molecule has 1 amide bonds. The molecule has 1 saturated carbocycles. The zero-order chi connectivity index (χ0) is 26.6. The van der Waals surface area contributed by atoms with Gasteiger partial charge in [-0.1, -0.05) is 30.7 Å². The molecule has 2 aliphatic carbocycles. The van der Waals surface area contributed by atoms with Gasteiger partial charge < -0.3 is 14.4 Å². The van der Waals surface area contributed by atoms with Gasteiger partial charge in [0.2, 0.25) is 0 Å². The van der Waals surface area contributed by atoms with Crippen LogP contribution in [0.5, 0.6) is 0 Å². The van der Waals surface area contributed by atoms with Gasteiger partial charge in [-0.3, -0.25) is 9.69 Å². The van der Waals surface area contributed by atoms with Crippen molar-refractivity contribution in [1.29, 1.82) is 0 Å². The molecule has 3 aliphatic rings. The second kappa shape index (κ2) is 9.70. The monoisotopic (exact) mass is 513 g/mol. The van der Waals surface area contributed by atoms with Crippen LogP contribution in [-0.2, 0) is 22.4 Å². The molecule has 4 atom stereocenters. The van der Waals surface area contributed by atoms with Crippen LogP contribution in [0.1, 0.15) is 86.2 Å². The molecule has 0 unspecified atom stereocenters. The molecular formula is C31H35N3O4. The fourth-order valence-corrected chi connectivity index (χ4v) is 6.72. The highest BCUT2D eigenvalue weighted by Crippen LogP contribution is 2.42. The van der Waals surface area contributed by atoms with E-state index >= 15 is 0 Å². The van der Waals surface area contributed by atoms with Gasteiger partial charge in [-0.05, 0) is 87.3 Å². The van der Waals surface area contributed by atoms with E-state index in [2.05, 4.69) is 28.9 Å². The third-order valence-corrected chi connectivity index (χ3v) is 8.81. The SMILES string of the molecule is COC(=O)N1c2ccc3c(nc([C@@H](O)c4ccc5c(c4)C=CC5)n3[C@@H]3CCC[C@@H](C(C)=O)C3)c2CC[C@@H]1C. The minimum absolute atomic E-state index is 0.0219. The van der Waals surface area contributed by atoms with Gasteiger partial charge in [0.1, 0.15) is 17.7 Å². The van der Waals surface area contributed by atoms with Crippen LogP contribution in [0, 0.1) is 5.92 Å². The van der Waals surface area contributed by atoms with E-state index in [4.69, 9.17) is 9.72 Å². The Hall–Kier alpha value is -3.45. The first-order valence-corrected chi connectivity index (χ1v) is 13.8. The molecule has 2 aromatic carbocycles. The first kappa shape index (κ1) is 24.9. The number of ether oxygens (including phenoxy) is 1. The second-order valence-electron chi connectivity index (χ2n) is 11.1. The lowest BCUT2D eigenvalue weighted by molar-refractivity contribution is -0.122. The van der Waals surface area contributed by atoms with Crippen LogP contribution in [0.15, 0.2) is 36.4 Å². The van der Waals surface area contributed by atoms with Crippen molar-refractivity contribution in [3.8, 4) is 0 Å². The summed E-state index contributed by atoms with van der Waals surface area (Å²) in [5.74, 6) is 0.856. The van der Waals surface area contributed by atoms with Crippen LogP contribution in [0.3, 0.4) is 0 Å². The van der Waals surface area contributed by atoms with E-state index in [1.165, 1.54) is 12.7 Å². The van der Waals surface area contributed by atoms with Gasteiger partial charge in [-0.2, -0.15) is 0 Å². The predicted molar refractivity (Wildman–Crippen MR) is 147 cm³/mol. The molecule has 2 heterocycles. The van der Waals surface area contributed by atoms with Crippen molar-refractivity contribution in [2.45, 2.75) is 77.0 Å². The zero-order valence-electron chi connectivity index (χ0n) is 22.3. The number of nitrogens with zero attached hydrogens (tertiary/aromatic N) is 3. The first-order chi connectivity index (χ1) is 18.4. The third-order valence-electron chi connectivity index (χ3n) is 8.81. The van der Waals surface area contributed by atoms with Crippen molar-refractivity contribution in [3.63, 3.8) is 0 Å². The fraction of sp³-hybridized carbons (Fsp3) is 0.452. The molecule has 1 N–H and O–H groups in total. The number of hydrogen-bond acceptors (Lipinski definition) is 5. The van der Waals surface area contributed by atoms with E-state index in [1.807, 2.05) is 25.1 Å². The summed E-state index contributed by atoms with van der Waals surface area (Å²) in [5.41, 5.74) is 6.81. The molecule has 6 rings (SSSR count). The topological polar surface area (TPSA) is 84.7 Å². The maximum Gasteiger partial charge on any atom is 0.414 e. The van der Waals surface area contributed by atoms with Crippen molar-refractivity contribution < 1.29 is 19.4 Å². The Kier molecular flexibility index (Phi) is 6.34. The number of hydrogen-bond donors (Lipinski definition) is 1. The smallest absolute Gasteiger partial charge is 0.414 e. The number of methoxy groups -OCH3 is 1. The number of aliphatic hydroxyl groups is 1. The summed E-state index contributed by atoms with van der Waals surface area (Å²) >= 11 is 0. The molecule has 3 aromatic rings. The number of carbonyl (C=O) groups excluding carboxylic acids is 2. The Morgan fingerprint density at radius 2 is 2.00 bits per heavy atom. The van der Waals surface area contributed by atoms with E-state index < -0.39 is 6.10 Å². The average molecular weight is 514 g/mol. The zero-order valence-corrected chi connectivity index (χ0v) is 22.3. The van der Waals surface area contributed by atoms with E-state index in [-0.39, 0.29) is 29.9 Å². The Balaban J connectivity index is 1.52. The van der Waals surface area contributed by atoms with Crippen molar-refractivity contribution in [2.75, 3.05) is 12.0 Å². The minimum Gasteiger partial charge on any atom is -0.452 e. The largest absolute Gasteiger partial charge is 0.452 e. The molecule has 7 nitrogen and oxygen atoms in total. The van der Waals surface area contributed by atoms with E-state index in [9.17, 15) is 14.7 Å². The van der Waals surface area contributed by atoms with E-state index in [1.54, 1.807) is 11.8 Å². The molecule has 0 spiro atoms. The summed E-state index contributed by atoms with van der Waals surface area (Å²) in [7, 11) is 1.41. The van der Waals surface area contributed by atoms with Crippen molar-refractivity contribution >= 4 is 34.7 Å². The molecule has 0 bridgehead atoms. The minimum atomic E-state index is -0.908. The molecule has 0 radical (unpaired) electrons. The Labute approximate surface area is 223 Å². The number of anilines is 1. The van der Waals surface area contributed by atoms with Gasteiger partial charge in [0.05, 0.1) is 23.8 Å². The summed E-state index contributed by atoms with van der Waals surface area (Å²) < 4.78 is 7.30. The lowest BCUT2D eigenvalue weighted by Gasteiger charge is -2.34. The Bertz CT molecular complexity index is 1460. The van der Waals surface area contributed by atoms with Gasteiger partial charge in [-0.15, -0.1) is 0 Å². The normalized spacial score (nSPS) is 23.3. The lowest BCUT2D eigenvalue weighted by Crippen LogP contribution is -2.42. The summed E-state index contributed by atoms with van der Waals surface area (Å²) in [6.45, 7) is 3.72. The second-order valence-corrected chi connectivity index (χ2v) is 11.1. The summed E-state index contributed by atoms with van der Waals surface area (Å²) in [4.78, 5) is 31.9. The highest BCUT2D eigenvalue weighted by atomic mass is 16.5. The molecular weight excluding hydrogens is 478 g/mol. The summed E-state index contributed by atoms with van der Waals surface area (Å²) in [6, 6.07) is 10.2. The van der Waals surface area contributed by atoms with Gasteiger partial charge in [-0.25, -0.2) is 9.78 Å². The van der Waals surface area contributed by atoms with Crippen molar-refractivity contribution in [3.05, 3.63) is 64.5 Å². The standard InChI is InChI=1S/C31H35N3O4/c1-18-10-13-25-26(33(18)31(37)38-3)14-15-27-28(25)32-30(34(27)24-9-5-7-21(17-24)19(2)35)29(36)23-12-11-20-6-4-8-22(20)16-23/h4,8,11-12,14-16,18,21,24,29,36H,5-7,9-10,13,17H2,1-3H3/t18-,21+,24+,29-/m0/s1. The molecule has 1 aromatic heterocycles. The number of benzene rings is 2. The lowest BCUT2D eigenvalue weighted by atomic mass is 9.83. The van der Waals surface area contributed by atoms with Crippen molar-refractivity contribution in [1.82, 2.24) is 9.55 Å². The summed E-state index contributed by atoms with van der Waals surface area (Å²) in [5, 5.41) is 11.8. The maximum atomic E-state index is 12.7. The van der Waals surface area contributed by atoms with Crippen LogP contribution in [0.2, 0.25) is 0 Å². The number of Topliss-reactive ketones (excluding diaryl/α,β-unsaturated/α-hetero) is 1. The van der Waals surface area contributed by atoms with Gasteiger partial charge in [0.25, 0.3) is 0 Å². The fourth-order valence-electron chi connectivity index (χ4n) is 6.72. The number of aromatic nitrogens is 2. The number of ketones is 1.